The highest BCUT2D eigenvalue weighted by Gasteiger charge is 2.25. The lowest BCUT2D eigenvalue weighted by atomic mass is 9.96. The molecule has 0 bridgehead atoms. The number of likely N-dealkylation sites (N-methyl/N-ethyl adjacent to an activating group) is 1. The summed E-state index contributed by atoms with van der Waals surface area (Å²) in [6, 6.07) is 7.38. The second kappa shape index (κ2) is 4.59. The van der Waals surface area contributed by atoms with Gasteiger partial charge in [0.25, 0.3) is 0 Å². The van der Waals surface area contributed by atoms with Gasteiger partial charge in [0.05, 0.1) is 11.4 Å². The van der Waals surface area contributed by atoms with Crippen LogP contribution in [-0.2, 0) is 0 Å². The average molecular weight is 232 g/mol. The summed E-state index contributed by atoms with van der Waals surface area (Å²) in [4.78, 5) is 2.43. The Morgan fingerprint density at radius 3 is 2.53 bits per heavy atom. The largest absolute Gasteiger partial charge is 0.381 e. The van der Waals surface area contributed by atoms with Crippen LogP contribution < -0.4 is 10.2 Å². The number of anilines is 2. The molecule has 0 radical (unpaired) electrons. The highest BCUT2D eigenvalue weighted by Crippen LogP contribution is 2.34. The van der Waals surface area contributed by atoms with E-state index in [1.165, 1.54) is 16.9 Å². The summed E-state index contributed by atoms with van der Waals surface area (Å²) in [6.07, 6.45) is 0. The molecule has 17 heavy (non-hydrogen) atoms. The number of fused-ring (bicyclic) bond motifs is 1. The van der Waals surface area contributed by atoms with Crippen molar-refractivity contribution in [2.45, 2.75) is 39.7 Å². The maximum absolute atomic E-state index is 3.55. The molecule has 2 rings (SSSR count). The molecule has 1 aliphatic heterocycles. The maximum atomic E-state index is 3.55. The quantitative estimate of drug-likeness (QED) is 0.836. The van der Waals surface area contributed by atoms with Crippen LogP contribution >= 0.6 is 0 Å². The van der Waals surface area contributed by atoms with Crippen molar-refractivity contribution in [1.82, 2.24) is 0 Å². The molecule has 94 valence electrons. The van der Waals surface area contributed by atoms with Gasteiger partial charge in [-0.25, -0.2) is 0 Å². The molecule has 0 saturated carbocycles. The van der Waals surface area contributed by atoms with Crippen molar-refractivity contribution in [3.05, 3.63) is 23.8 Å². The fourth-order valence-corrected chi connectivity index (χ4v) is 2.56. The summed E-state index contributed by atoms with van der Waals surface area (Å²) >= 11 is 0. The van der Waals surface area contributed by atoms with Crippen molar-refractivity contribution >= 4 is 11.4 Å². The number of nitrogens with zero attached hydrogens (tertiary/aromatic N) is 1. The van der Waals surface area contributed by atoms with Crippen LogP contribution in [-0.4, -0.2) is 19.6 Å². The molecule has 0 saturated heterocycles. The summed E-state index contributed by atoms with van der Waals surface area (Å²) < 4.78 is 0. The number of hydrogen-bond acceptors (Lipinski definition) is 2. The van der Waals surface area contributed by atoms with Crippen LogP contribution in [0.5, 0.6) is 0 Å². The van der Waals surface area contributed by atoms with Gasteiger partial charge in [-0.05, 0) is 29.5 Å². The minimum Gasteiger partial charge on any atom is -0.381 e. The number of benzene rings is 1. The molecule has 0 spiro atoms. The maximum Gasteiger partial charge on any atom is 0.0605 e. The Morgan fingerprint density at radius 2 is 1.94 bits per heavy atom. The zero-order valence-electron chi connectivity index (χ0n) is 11.6. The number of hydrogen-bond donors (Lipinski definition) is 1. The third-order valence-corrected chi connectivity index (χ3v) is 3.84. The highest BCUT2D eigenvalue weighted by molar-refractivity contribution is 5.73. The van der Waals surface area contributed by atoms with Crippen molar-refractivity contribution in [2.24, 2.45) is 5.92 Å². The molecule has 0 aromatic heterocycles. The van der Waals surface area contributed by atoms with Crippen molar-refractivity contribution in [2.75, 3.05) is 23.8 Å². The van der Waals surface area contributed by atoms with E-state index in [9.17, 15) is 0 Å². The van der Waals surface area contributed by atoms with Crippen LogP contribution in [0.4, 0.5) is 11.4 Å². The lowest BCUT2D eigenvalue weighted by Gasteiger charge is -2.39. The van der Waals surface area contributed by atoms with Gasteiger partial charge >= 0.3 is 0 Å². The number of rotatable bonds is 2. The molecule has 0 amide bonds. The molecule has 1 N–H and O–H groups in total. The fourth-order valence-electron chi connectivity index (χ4n) is 2.56. The minimum atomic E-state index is 0.588. The van der Waals surface area contributed by atoms with E-state index in [-0.39, 0.29) is 0 Å². The Bertz CT molecular complexity index is 396. The molecule has 1 unspecified atom stereocenters. The predicted molar refractivity (Wildman–Crippen MR) is 76.0 cm³/mol. The summed E-state index contributed by atoms with van der Waals surface area (Å²) in [5.74, 6) is 1.26. The molecule has 1 atom stereocenters. The van der Waals surface area contributed by atoms with Crippen LogP contribution in [0.3, 0.4) is 0 Å². The first-order valence-electron chi connectivity index (χ1n) is 6.61. The van der Waals surface area contributed by atoms with Gasteiger partial charge in [0, 0.05) is 19.6 Å². The van der Waals surface area contributed by atoms with E-state index < -0.39 is 0 Å². The molecular weight excluding hydrogens is 208 g/mol. The monoisotopic (exact) mass is 232 g/mol. The summed E-state index contributed by atoms with van der Waals surface area (Å²) in [5, 5.41) is 3.55. The molecule has 1 aliphatic rings. The van der Waals surface area contributed by atoms with E-state index in [1.54, 1.807) is 0 Å². The van der Waals surface area contributed by atoms with E-state index in [2.05, 4.69) is 63.2 Å². The Morgan fingerprint density at radius 1 is 1.24 bits per heavy atom. The first kappa shape index (κ1) is 12.3. The van der Waals surface area contributed by atoms with Crippen LogP contribution in [0.15, 0.2) is 18.2 Å². The lowest BCUT2D eigenvalue weighted by molar-refractivity contribution is 0.482. The van der Waals surface area contributed by atoms with Crippen LogP contribution in [0, 0.1) is 5.92 Å². The van der Waals surface area contributed by atoms with Crippen molar-refractivity contribution in [3.63, 3.8) is 0 Å². The predicted octanol–water partition coefficient (Wildman–Crippen LogP) is 3.70. The first-order valence-corrected chi connectivity index (χ1v) is 6.61. The van der Waals surface area contributed by atoms with Crippen LogP contribution in [0.2, 0.25) is 0 Å². The summed E-state index contributed by atoms with van der Waals surface area (Å²) in [7, 11) is 2.22. The van der Waals surface area contributed by atoms with Gasteiger partial charge in [0.2, 0.25) is 0 Å². The molecule has 0 fully saturated rings. The second-order valence-electron chi connectivity index (χ2n) is 5.73. The van der Waals surface area contributed by atoms with Crippen LogP contribution in [0.25, 0.3) is 0 Å². The van der Waals surface area contributed by atoms with Gasteiger partial charge in [-0.3, -0.25) is 0 Å². The SMILES string of the molecule is CC(C)c1ccc2c(c1)N(C)C(C(C)C)CN2. The molecular formula is C15H24N2. The first-order chi connectivity index (χ1) is 8.00. The van der Waals surface area contributed by atoms with Gasteiger partial charge in [-0.1, -0.05) is 33.8 Å². The normalized spacial score (nSPS) is 19.5. The van der Waals surface area contributed by atoms with Crippen molar-refractivity contribution < 1.29 is 0 Å². The van der Waals surface area contributed by atoms with Gasteiger partial charge in [0.15, 0.2) is 0 Å². The number of nitrogens with one attached hydrogen (secondary N) is 1. The molecule has 2 heteroatoms. The highest BCUT2D eigenvalue weighted by atomic mass is 15.2. The lowest BCUT2D eigenvalue weighted by Crippen LogP contribution is -2.44. The Balaban J connectivity index is 2.36. The Kier molecular flexibility index (Phi) is 3.32. The van der Waals surface area contributed by atoms with Crippen molar-refractivity contribution in [3.8, 4) is 0 Å². The molecule has 2 nitrogen and oxygen atoms in total. The van der Waals surface area contributed by atoms with Crippen LogP contribution in [0.1, 0.15) is 39.2 Å². The second-order valence-corrected chi connectivity index (χ2v) is 5.73. The van der Waals surface area contributed by atoms with E-state index in [4.69, 9.17) is 0 Å². The molecule has 0 aliphatic carbocycles. The van der Waals surface area contributed by atoms with Gasteiger partial charge < -0.3 is 10.2 Å². The van der Waals surface area contributed by atoms with E-state index >= 15 is 0 Å². The van der Waals surface area contributed by atoms with E-state index in [0.29, 0.717) is 17.9 Å². The molecule has 1 aromatic carbocycles. The van der Waals surface area contributed by atoms with Crippen molar-refractivity contribution in [1.29, 1.82) is 0 Å². The van der Waals surface area contributed by atoms with Gasteiger partial charge in [-0.15, -0.1) is 0 Å². The van der Waals surface area contributed by atoms with E-state index in [1.807, 2.05) is 0 Å². The fraction of sp³-hybridized carbons (Fsp3) is 0.600. The third-order valence-electron chi connectivity index (χ3n) is 3.84. The van der Waals surface area contributed by atoms with Gasteiger partial charge in [-0.2, -0.15) is 0 Å². The van der Waals surface area contributed by atoms with E-state index in [0.717, 1.165) is 6.54 Å². The topological polar surface area (TPSA) is 15.3 Å². The zero-order valence-corrected chi connectivity index (χ0v) is 11.6. The Hall–Kier alpha value is -1.18. The Labute approximate surface area is 105 Å². The molecule has 1 heterocycles. The average Bonchev–Trinajstić information content (AvgIpc) is 2.28. The zero-order chi connectivity index (χ0) is 12.6. The summed E-state index contributed by atoms with van der Waals surface area (Å²) in [6.45, 7) is 10.1. The third kappa shape index (κ3) is 2.26. The molecule has 1 aromatic rings. The summed E-state index contributed by atoms with van der Waals surface area (Å²) in [5.41, 5.74) is 4.04. The van der Waals surface area contributed by atoms with Gasteiger partial charge in [0.1, 0.15) is 0 Å². The standard InChI is InChI=1S/C15H24N2/c1-10(2)12-6-7-13-14(8-12)17(5)15(9-16-13)11(3)4/h6-8,10-11,15-16H,9H2,1-5H3. The smallest absolute Gasteiger partial charge is 0.0605 e. The minimum absolute atomic E-state index is 0.588.